The van der Waals surface area contributed by atoms with Crippen LogP contribution in [-0.2, 0) is 6.54 Å². The van der Waals surface area contributed by atoms with E-state index >= 15 is 0 Å². The number of alkyl halides is 3. The number of aromatic nitrogens is 3. The summed E-state index contributed by atoms with van der Waals surface area (Å²) in [6, 6.07) is 10.2. The van der Waals surface area contributed by atoms with Gasteiger partial charge in [0.1, 0.15) is 5.75 Å². The first-order chi connectivity index (χ1) is 12.8. The second kappa shape index (κ2) is 7.48. The molecule has 0 aliphatic carbocycles. The minimum atomic E-state index is -4.76. The van der Waals surface area contributed by atoms with E-state index in [2.05, 4.69) is 20.1 Å². The van der Waals surface area contributed by atoms with Crippen LogP contribution in [0.5, 0.6) is 5.75 Å². The molecular weight excluding hydrogens is 361 g/mol. The molecule has 0 spiro atoms. The van der Waals surface area contributed by atoms with Crippen LogP contribution in [0, 0.1) is 6.92 Å². The number of hydrogen-bond donors (Lipinski definition) is 1. The Balaban J connectivity index is 1.67. The summed E-state index contributed by atoms with van der Waals surface area (Å²) in [6.45, 7) is 2.29. The van der Waals surface area contributed by atoms with E-state index in [-0.39, 0.29) is 11.4 Å². The molecule has 1 amide bonds. The van der Waals surface area contributed by atoms with Crippen LogP contribution in [0.2, 0.25) is 0 Å². The summed E-state index contributed by atoms with van der Waals surface area (Å²) >= 11 is 0. The number of ether oxygens (including phenoxy) is 1. The highest BCUT2D eigenvalue weighted by molar-refractivity contribution is 6.02. The first-order valence-corrected chi connectivity index (χ1v) is 7.91. The number of carbonyl (C=O) groups is 1. The van der Waals surface area contributed by atoms with E-state index < -0.39 is 12.3 Å². The number of anilines is 1. The molecule has 0 aliphatic rings. The molecule has 3 rings (SSSR count). The Labute approximate surface area is 152 Å². The molecule has 1 aromatic carbocycles. The maximum absolute atomic E-state index is 12.3. The van der Waals surface area contributed by atoms with Gasteiger partial charge in [-0.05, 0) is 48.9 Å². The van der Waals surface area contributed by atoms with Crippen LogP contribution in [-0.4, -0.2) is 27.0 Å². The molecule has 0 radical (unpaired) electrons. The molecule has 2 heterocycles. The Morgan fingerprint density at radius 3 is 2.59 bits per heavy atom. The van der Waals surface area contributed by atoms with Gasteiger partial charge in [0.15, 0.2) is 5.69 Å². The van der Waals surface area contributed by atoms with E-state index in [1.165, 1.54) is 12.1 Å². The lowest BCUT2D eigenvalue weighted by molar-refractivity contribution is -0.274. The van der Waals surface area contributed by atoms with Crippen molar-refractivity contribution in [2.24, 2.45) is 0 Å². The van der Waals surface area contributed by atoms with E-state index in [9.17, 15) is 18.0 Å². The zero-order valence-corrected chi connectivity index (χ0v) is 14.2. The van der Waals surface area contributed by atoms with Crippen molar-refractivity contribution in [3.05, 3.63) is 71.8 Å². The van der Waals surface area contributed by atoms with Crippen molar-refractivity contribution in [1.29, 1.82) is 0 Å². The second-order valence-corrected chi connectivity index (χ2v) is 5.72. The quantitative estimate of drug-likeness (QED) is 0.736. The van der Waals surface area contributed by atoms with Crippen LogP contribution in [0.3, 0.4) is 0 Å². The number of rotatable bonds is 5. The molecule has 0 saturated carbocycles. The fourth-order valence-corrected chi connectivity index (χ4v) is 2.38. The van der Waals surface area contributed by atoms with Crippen LogP contribution in [0.25, 0.3) is 0 Å². The second-order valence-electron chi connectivity index (χ2n) is 5.72. The molecular formula is C18H15F3N4O2. The molecule has 1 N–H and O–H groups in total. The predicted octanol–water partition coefficient (Wildman–Crippen LogP) is 3.79. The normalized spacial score (nSPS) is 11.3. The van der Waals surface area contributed by atoms with Crippen molar-refractivity contribution in [2.75, 3.05) is 5.32 Å². The summed E-state index contributed by atoms with van der Waals surface area (Å²) in [5.74, 6) is -0.829. The summed E-state index contributed by atoms with van der Waals surface area (Å²) in [6.07, 6.45) is -1.38. The smallest absolute Gasteiger partial charge is 0.406 e. The third-order valence-electron chi connectivity index (χ3n) is 3.61. The average Bonchev–Trinajstić information content (AvgIpc) is 2.97. The van der Waals surface area contributed by atoms with Gasteiger partial charge < -0.3 is 10.1 Å². The third kappa shape index (κ3) is 5.06. The molecule has 9 heteroatoms. The molecule has 2 aromatic heterocycles. The van der Waals surface area contributed by atoms with Gasteiger partial charge in [-0.2, -0.15) is 5.10 Å². The van der Waals surface area contributed by atoms with E-state index in [0.717, 1.165) is 23.4 Å². The first kappa shape index (κ1) is 18.4. The summed E-state index contributed by atoms with van der Waals surface area (Å²) in [5.41, 5.74) is 2.26. The monoisotopic (exact) mass is 376 g/mol. The zero-order valence-electron chi connectivity index (χ0n) is 14.2. The summed E-state index contributed by atoms with van der Waals surface area (Å²) in [5, 5.41) is 6.86. The Hall–Kier alpha value is -3.36. The topological polar surface area (TPSA) is 69.0 Å². The van der Waals surface area contributed by atoms with Gasteiger partial charge >= 0.3 is 6.36 Å². The van der Waals surface area contributed by atoms with Crippen molar-refractivity contribution in [3.63, 3.8) is 0 Å². The average molecular weight is 376 g/mol. The van der Waals surface area contributed by atoms with Gasteiger partial charge in [-0.3, -0.25) is 14.5 Å². The van der Waals surface area contributed by atoms with Gasteiger partial charge in [0.2, 0.25) is 0 Å². The van der Waals surface area contributed by atoms with Gasteiger partial charge in [-0.15, -0.1) is 13.2 Å². The third-order valence-corrected chi connectivity index (χ3v) is 3.61. The van der Waals surface area contributed by atoms with Crippen molar-refractivity contribution in [2.45, 2.75) is 19.8 Å². The highest BCUT2D eigenvalue weighted by Gasteiger charge is 2.31. The summed E-state index contributed by atoms with van der Waals surface area (Å²) in [7, 11) is 0. The number of benzene rings is 1. The van der Waals surface area contributed by atoms with Gasteiger partial charge in [-0.1, -0.05) is 6.07 Å². The summed E-state index contributed by atoms with van der Waals surface area (Å²) < 4.78 is 42.0. The number of aryl methyl sites for hydroxylation is 1. The van der Waals surface area contributed by atoms with E-state index in [0.29, 0.717) is 12.2 Å². The van der Waals surface area contributed by atoms with Gasteiger partial charge in [0.05, 0.1) is 6.54 Å². The van der Waals surface area contributed by atoms with E-state index in [4.69, 9.17) is 0 Å². The lowest BCUT2D eigenvalue weighted by Gasteiger charge is -2.09. The van der Waals surface area contributed by atoms with Crippen LogP contribution in [0.1, 0.15) is 21.7 Å². The van der Waals surface area contributed by atoms with Crippen molar-refractivity contribution in [3.8, 4) is 5.75 Å². The largest absolute Gasteiger partial charge is 0.573 e. The van der Waals surface area contributed by atoms with Crippen molar-refractivity contribution < 1.29 is 22.7 Å². The van der Waals surface area contributed by atoms with Gasteiger partial charge in [0, 0.05) is 23.8 Å². The Morgan fingerprint density at radius 1 is 1.22 bits per heavy atom. The fraction of sp³-hybridized carbons (Fsp3) is 0.167. The van der Waals surface area contributed by atoms with Crippen LogP contribution >= 0.6 is 0 Å². The Bertz CT molecular complexity index is 922. The van der Waals surface area contributed by atoms with Crippen LogP contribution < -0.4 is 10.1 Å². The zero-order chi connectivity index (χ0) is 19.4. The van der Waals surface area contributed by atoms with E-state index in [1.54, 1.807) is 23.1 Å². The molecule has 0 atom stereocenters. The lowest BCUT2D eigenvalue weighted by atomic mass is 10.3. The number of nitrogens with zero attached hydrogens (tertiary/aromatic N) is 3. The van der Waals surface area contributed by atoms with Crippen molar-refractivity contribution >= 4 is 11.6 Å². The number of halogens is 3. The minimum absolute atomic E-state index is 0.201. The van der Waals surface area contributed by atoms with Gasteiger partial charge in [-0.25, -0.2) is 0 Å². The SMILES string of the molecule is Cc1cc(C(=O)Nc2ccc(OC(F)(F)F)cc2)nn1Cc1cccnc1. The van der Waals surface area contributed by atoms with Crippen LogP contribution in [0.15, 0.2) is 54.9 Å². The standard InChI is InChI=1S/C18H15F3N4O2/c1-12-9-16(24-25(12)11-13-3-2-8-22-10-13)17(26)23-14-4-6-15(7-5-14)27-18(19,20)21/h2-10H,11H2,1H3,(H,23,26). The molecule has 0 bridgehead atoms. The number of nitrogens with one attached hydrogen (secondary N) is 1. The Kier molecular flexibility index (Phi) is 5.11. The molecule has 3 aromatic rings. The molecule has 0 aliphatic heterocycles. The van der Waals surface area contributed by atoms with E-state index in [1.807, 2.05) is 19.1 Å². The predicted molar refractivity (Wildman–Crippen MR) is 91.4 cm³/mol. The summed E-state index contributed by atoms with van der Waals surface area (Å²) in [4.78, 5) is 16.4. The fourth-order valence-electron chi connectivity index (χ4n) is 2.38. The molecule has 140 valence electrons. The molecule has 6 nitrogen and oxygen atoms in total. The molecule has 0 fully saturated rings. The highest BCUT2D eigenvalue weighted by atomic mass is 19.4. The number of carbonyl (C=O) groups excluding carboxylic acids is 1. The number of pyridine rings is 1. The number of hydrogen-bond acceptors (Lipinski definition) is 4. The Morgan fingerprint density at radius 2 is 1.96 bits per heavy atom. The first-order valence-electron chi connectivity index (χ1n) is 7.91. The molecule has 27 heavy (non-hydrogen) atoms. The van der Waals surface area contributed by atoms with Gasteiger partial charge in [0.25, 0.3) is 5.91 Å². The molecule has 0 saturated heterocycles. The maximum Gasteiger partial charge on any atom is 0.573 e. The van der Waals surface area contributed by atoms with Crippen LogP contribution in [0.4, 0.5) is 18.9 Å². The lowest BCUT2D eigenvalue weighted by Crippen LogP contribution is -2.17. The van der Waals surface area contributed by atoms with Crippen molar-refractivity contribution in [1.82, 2.24) is 14.8 Å². The highest BCUT2D eigenvalue weighted by Crippen LogP contribution is 2.24. The minimum Gasteiger partial charge on any atom is -0.406 e. The number of amides is 1. The molecule has 0 unspecified atom stereocenters. The maximum atomic E-state index is 12.3.